The Morgan fingerprint density at radius 1 is 0.947 bits per heavy atom. The lowest BCUT2D eigenvalue weighted by Gasteiger charge is -2.29. The van der Waals surface area contributed by atoms with Crippen LogP contribution in [0.2, 0.25) is 45.3 Å². The molecule has 0 aliphatic rings. The van der Waals surface area contributed by atoms with Crippen LogP contribution in [-0.2, 0) is 0 Å². The fourth-order valence-electron chi connectivity index (χ4n) is 1.28. The van der Waals surface area contributed by atoms with E-state index in [9.17, 15) is 0 Å². The zero-order valence-corrected chi connectivity index (χ0v) is 16.6. The maximum Gasteiger partial charge on any atom is 0.0679 e. The van der Waals surface area contributed by atoms with Gasteiger partial charge in [0.05, 0.1) is 8.07 Å². The first-order valence-electron chi connectivity index (χ1n) is 7.53. The molecule has 0 aliphatic carbocycles. The molecular formula is C17H42Si2. The van der Waals surface area contributed by atoms with Crippen molar-refractivity contribution in [1.82, 2.24) is 0 Å². The Labute approximate surface area is 127 Å². The van der Waals surface area contributed by atoms with E-state index in [4.69, 9.17) is 0 Å². The van der Waals surface area contributed by atoms with Crippen LogP contribution in [0.25, 0.3) is 0 Å². The van der Waals surface area contributed by atoms with Gasteiger partial charge >= 0.3 is 0 Å². The smallest absolute Gasteiger partial charge is 0.0679 e. The van der Waals surface area contributed by atoms with Crippen molar-refractivity contribution in [1.29, 1.82) is 0 Å². The van der Waals surface area contributed by atoms with Crippen molar-refractivity contribution in [3.8, 4) is 0 Å². The molecule has 0 spiro atoms. The zero-order valence-electron chi connectivity index (χ0n) is 14.6. The average molecular weight is 303 g/mol. The fourth-order valence-corrected chi connectivity index (χ4v) is 2.63. The van der Waals surface area contributed by atoms with E-state index >= 15 is 0 Å². The lowest BCUT2D eigenvalue weighted by molar-refractivity contribution is 0.285. The van der Waals surface area contributed by atoms with Crippen molar-refractivity contribution < 1.29 is 0 Å². The zero-order chi connectivity index (χ0) is 15.0. The normalized spacial score (nSPS) is 12.1. The lowest BCUT2D eigenvalue weighted by atomic mass is 9.82. The van der Waals surface area contributed by atoms with Crippen LogP contribution in [0.5, 0.6) is 0 Å². The van der Waals surface area contributed by atoms with E-state index in [-0.39, 0.29) is 7.43 Å². The molecule has 0 fully saturated rings. The molecule has 0 N–H and O–H groups in total. The van der Waals surface area contributed by atoms with Gasteiger partial charge in [0.25, 0.3) is 0 Å². The van der Waals surface area contributed by atoms with Gasteiger partial charge in [-0.15, -0.1) is 12.3 Å². The van der Waals surface area contributed by atoms with Crippen LogP contribution < -0.4 is 0 Å². The first-order valence-corrected chi connectivity index (χ1v) is 14.8. The quantitative estimate of drug-likeness (QED) is 0.454. The highest BCUT2D eigenvalue weighted by Crippen LogP contribution is 2.33. The van der Waals surface area contributed by atoms with Crippen LogP contribution in [0, 0.1) is 5.41 Å². The molecule has 0 aromatic rings. The first kappa shape index (κ1) is 24.2. The molecule has 2 heteroatoms. The van der Waals surface area contributed by atoms with Gasteiger partial charge in [0.2, 0.25) is 0 Å². The summed E-state index contributed by atoms with van der Waals surface area (Å²) in [5.41, 5.74) is 2.70. The molecule has 0 amide bonds. The molecule has 0 saturated heterocycles. The van der Waals surface area contributed by atoms with Crippen LogP contribution in [0.4, 0.5) is 0 Å². The molecule has 118 valence electrons. The van der Waals surface area contributed by atoms with Crippen LogP contribution >= 0.6 is 0 Å². The van der Waals surface area contributed by atoms with Gasteiger partial charge < -0.3 is 0 Å². The molecule has 0 aliphatic heterocycles. The molecule has 0 radical (unpaired) electrons. The highest BCUT2D eigenvalue weighted by atomic mass is 28.3. The van der Waals surface area contributed by atoms with E-state index < -0.39 is 16.1 Å². The molecular weight excluding hydrogens is 260 g/mol. The lowest BCUT2D eigenvalue weighted by Crippen LogP contribution is -2.24. The second-order valence-electron chi connectivity index (χ2n) is 8.15. The summed E-state index contributed by atoms with van der Waals surface area (Å²) in [7, 11) is -1.67. The minimum atomic E-state index is -0.867. The molecule has 19 heavy (non-hydrogen) atoms. The Hall–Kier alpha value is 0.174. The van der Waals surface area contributed by atoms with Gasteiger partial charge in [-0.3, -0.25) is 0 Å². The van der Waals surface area contributed by atoms with Crippen molar-refractivity contribution in [3.05, 3.63) is 12.3 Å². The second-order valence-corrected chi connectivity index (χ2v) is 18.9. The van der Waals surface area contributed by atoms with Crippen molar-refractivity contribution in [2.75, 3.05) is 0 Å². The molecule has 0 rings (SSSR count). The molecule has 0 heterocycles. The number of hydrogen-bond donors (Lipinski definition) is 0. The van der Waals surface area contributed by atoms with Crippen molar-refractivity contribution in [3.63, 3.8) is 0 Å². The Kier molecular flexibility index (Phi) is 12.7. The fraction of sp³-hybridized carbons (Fsp3) is 0.882. The molecule has 0 nitrogen and oxygen atoms in total. The SMILES string of the molecule is C.C=C[Si](C)(C)C.CCC(C)(CC)CC[Si](C)(C)C. The first-order chi connectivity index (χ1) is 7.89. The summed E-state index contributed by atoms with van der Waals surface area (Å²) in [6, 6.07) is 1.49. The van der Waals surface area contributed by atoms with E-state index in [1.165, 1.54) is 25.3 Å². The van der Waals surface area contributed by atoms with E-state index in [0.29, 0.717) is 5.41 Å². The summed E-state index contributed by atoms with van der Waals surface area (Å²) in [6.45, 7) is 25.0. The highest BCUT2D eigenvalue weighted by Gasteiger charge is 2.23. The average Bonchev–Trinajstić information content (AvgIpc) is 2.25. The minimum absolute atomic E-state index is 0. The van der Waals surface area contributed by atoms with Crippen molar-refractivity contribution in [2.45, 2.75) is 92.8 Å². The van der Waals surface area contributed by atoms with Gasteiger partial charge in [-0.2, -0.15) is 0 Å². The number of rotatable bonds is 6. The summed E-state index contributed by atoms with van der Waals surface area (Å²) in [6.07, 6.45) is 4.12. The molecule has 0 atom stereocenters. The van der Waals surface area contributed by atoms with E-state index in [2.05, 4.69) is 72.3 Å². The Bertz CT molecular complexity index is 214. The highest BCUT2D eigenvalue weighted by molar-refractivity contribution is 6.80. The van der Waals surface area contributed by atoms with Crippen LogP contribution in [0.15, 0.2) is 12.3 Å². The van der Waals surface area contributed by atoms with Gasteiger partial charge in [0.15, 0.2) is 0 Å². The molecule has 0 unspecified atom stereocenters. The number of hydrogen-bond acceptors (Lipinski definition) is 0. The summed E-state index contributed by atoms with van der Waals surface area (Å²) in [4.78, 5) is 0. The summed E-state index contributed by atoms with van der Waals surface area (Å²) >= 11 is 0. The standard InChI is InChI=1S/C11H26Si.C5H12Si.CH4/c1-7-11(3,8-2)9-10-12(4,5)6;1-5-6(2,3)4;/h7-10H2,1-6H3;5H,1H2,2-4H3;1H4. The Morgan fingerprint density at radius 2 is 1.26 bits per heavy atom. The van der Waals surface area contributed by atoms with E-state index in [0.717, 1.165) is 0 Å². The maximum atomic E-state index is 3.69. The van der Waals surface area contributed by atoms with Crippen molar-refractivity contribution >= 4 is 16.1 Å². The Balaban J connectivity index is -0.000000313. The monoisotopic (exact) mass is 302 g/mol. The summed E-state index contributed by atoms with van der Waals surface area (Å²) in [5, 5.41) is 0. The van der Waals surface area contributed by atoms with Gasteiger partial charge in [-0.25, -0.2) is 0 Å². The van der Waals surface area contributed by atoms with Gasteiger partial charge in [0.1, 0.15) is 0 Å². The van der Waals surface area contributed by atoms with Gasteiger partial charge in [-0.1, -0.05) is 92.8 Å². The third kappa shape index (κ3) is 18.2. The van der Waals surface area contributed by atoms with E-state index in [1.807, 2.05) is 0 Å². The molecule has 0 aromatic heterocycles. The van der Waals surface area contributed by atoms with Crippen molar-refractivity contribution in [2.24, 2.45) is 5.41 Å². The van der Waals surface area contributed by atoms with Gasteiger partial charge in [0, 0.05) is 8.07 Å². The summed E-state index contributed by atoms with van der Waals surface area (Å²) in [5.74, 6) is 0. The predicted molar refractivity (Wildman–Crippen MR) is 102 cm³/mol. The minimum Gasteiger partial charge on any atom is -0.107 e. The molecule has 0 aromatic carbocycles. The van der Waals surface area contributed by atoms with Crippen LogP contribution in [0.3, 0.4) is 0 Å². The third-order valence-corrected chi connectivity index (χ3v) is 6.77. The second kappa shape index (κ2) is 9.98. The molecule has 0 bridgehead atoms. The van der Waals surface area contributed by atoms with E-state index in [1.54, 1.807) is 0 Å². The topological polar surface area (TPSA) is 0 Å². The predicted octanol–water partition coefficient (Wildman–Crippen LogP) is 7.23. The van der Waals surface area contributed by atoms with Crippen LogP contribution in [-0.4, -0.2) is 16.1 Å². The van der Waals surface area contributed by atoms with Gasteiger partial charge in [-0.05, 0) is 5.41 Å². The summed E-state index contributed by atoms with van der Waals surface area (Å²) < 4.78 is 0. The van der Waals surface area contributed by atoms with Crippen LogP contribution in [0.1, 0.15) is 47.5 Å². The maximum absolute atomic E-state index is 3.69. The Morgan fingerprint density at radius 3 is 1.42 bits per heavy atom. The molecule has 0 saturated carbocycles. The third-order valence-electron chi connectivity index (χ3n) is 3.80. The largest absolute Gasteiger partial charge is 0.107 e.